The maximum absolute atomic E-state index is 11.4. The largest absolute Gasteiger partial charge is 0.447 e. The fourth-order valence-corrected chi connectivity index (χ4v) is 2.44. The molecule has 7 heteroatoms. The minimum absolute atomic E-state index is 0.290. The Hall–Kier alpha value is -2.29. The lowest BCUT2D eigenvalue weighted by atomic mass is 10.2. The van der Waals surface area contributed by atoms with Crippen LogP contribution in [-0.4, -0.2) is 22.4 Å². The van der Waals surface area contributed by atoms with Crippen molar-refractivity contribution in [1.82, 2.24) is 9.78 Å². The summed E-state index contributed by atoms with van der Waals surface area (Å²) in [5.41, 5.74) is 2.18. The number of nitrogens with zero attached hydrogens (tertiary/aromatic N) is 3. The van der Waals surface area contributed by atoms with Crippen LogP contribution in [0.25, 0.3) is 6.08 Å². The highest BCUT2D eigenvalue weighted by molar-refractivity contribution is 6.32. The van der Waals surface area contributed by atoms with Gasteiger partial charge in [0, 0.05) is 16.7 Å². The predicted octanol–water partition coefficient (Wildman–Crippen LogP) is 3.63. The van der Waals surface area contributed by atoms with E-state index in [1.165, 1.54) is 12.2 Å². The number of aryl methyl sites for hydroxylation is 1. The van der Waals surface area contributed by atoms with Gasteiger partial charge >= 0.3 is 5.97 Å². The molecule has 0 fully saturated rings. The normalized spacial score (nSPS) is 10.7. The van der Waals surface area contributed by atoms with E-state index in [0.29, 0.717) is 28.0 Å². The van der Waals surface area contributed by atoms with E-state index >= 15 is 0 Å². The third-order valence-corrected chi connectivity index (χ3v) is 3.82. The Balaban J connectivity index is 2.20. The Bertz CT molecular complexity index is 791. The lowest BCUT2D eigenvalue weighted by molar-refractivity contribution is -0.136. The number of nitriles is 1. The lowest BCUT2D eigenvalue weighted by Gasteiger charge is -2.05. The van der Waals surface area contributed by atoms with Crippen molar-refractivity contribution in [2.75, 3.05) is 6.61 Å². The van der Waals surface area contributed by atoms with Gasteiger partial charge in [0.1, 0.15) is 11.2 Å². The quantitative estimate of drug-likeness (QED) is 0.610. The van der Waals surface area contributed by atoms with E-state index < -0.39 is 5.97 Å². The summed E-state index contributed by atoms with van der Waals surface area (Å²) in [5.74, 6) is -0.610. The third-order valence-electron chi connectivity index (χ3n) is 3.05. The van der Waals surface area contributed by atoms with Crippen molar-refractivity contribution in [1.29, 1.82) is 5.26 Å². The van der Waals surface area contributed by atoms with E-state index in [1.807, 2.05) is 18.2 Å². The van der Waals surface area contributed by atoms with E-state index in [-0.39, 0.29) is 6.61 Å². The second-order valence-electron chi connectivity index (χ2n) is 4.64. The van der Waals surface area contributed by atoms with Crippen molar-refractivity contribution in [3.8, 4) is 6.07 Å². The average Bonchev–Trinajstić information content (AvgIpc) is 2.79. The van der Waals surface area contributed by atoms with E-state index in [2.05, 4.69) is 9.84 Å². The van der Waals surface area contributed by atoms with Crippen LogP contribution in [0.2, 0.25) is 10.2 Å². The molecule has 0 aliphatic carbocycles. The standard InChI is InChI=1S/C16H13Cl2N3O2/c1-11-13(6-7-15(22)23-9-8-19)16(18)21(20-11)10-12-4-2-3-5-14(12)17/h2-7H,9-10H2,1H3/b7-6+. The van der Waals surface area contributed by atoms with Crippen molar-refractivity contribution in [2.45, 2.75) is 13.5 Å². The number of hydrogen-bond acceptors (Lipinski definition) is 4. The number of esters is 1. The maximum atomic E-state index is 11.4. The molecule has 0 saturated heterocycles. The molecular weight excluding hydrogens is 337 g/mol. The van der Waals surface area contributed by atoms with Crippen LogP contribution in [0.1, 0.15) is 16.8 Å². The SMILES string of the molecule is Cc1nn(Cc2ccccc2Cl)c(Cl)c1/C=C/C(=O)OCC#N. The van der Waals surface area contributed by atoms with Crippen molar-refractivity contribution in [3.63, 3.8) is 0 Å². The van der Waals surface area contributed by atoms with Crippen LogP contribution in [0, 0.1) is 18.3 Å². The summed E-state index contributed by atoms with van der Waals surface area (Å²) in [6.45, 7) is 1.92. The monoisotopic (exact) mass is 349 g/mol. The van der Waals surface area contributed by atoms with Crippen molar-refractivity contribution in [3.05, 3.63) is 57.3 Å². The summed E-state index contributed by atoms with van der Waals surface area (Å²) in [4.78, 5) is 11.4. The lowest BCUT2D eigenvalue weighted by Crippen LogP contribution is -2.02. The molecule has 0 spiro atoms. The summed E-state index contributed by atoms with van der Waals surface area (Å²) in [5, 5.41) is 13.7. The van der Waals surface area contributed by atoms with E-state index in [0.717, 1.165) is 5.56 Å². The van der Waals surface area contributed by atoms with Gasteiger partial charge in [-0.25, -0.2) is 9.48 Å². The Morgan fingerprint density at radius 3 is 2.87 bits per heavy atom. The molecule has 5 nitrogen and oxygen atoms in total. The first-order valence-corrected chi connectivity index (χ1v) is 7.46. The molecule has 0 amide bonds. The molecule has 0 atom stereocenters. The van der Waals surface area contributed by atoms with Gasteiger partial charge in [0.15, 0.2) is 6.61 Å². The zero-order valence-electron chi connectivity index (χ0n) is 12.3. The molecule has 0 aliphatic rings. The van der Waals surface area contributed by atoms with Crippen LogP contribution < -0.4 is 0 Å². The molecule has 0 saturated carbocycles. The number of benzene rings is 1. The van der Waals surface area contributed by atoms with Crippen LogP contribution in [0.4, 0.5) is 0 Å². The zero-order chi connectivity index (χ0) is 16.8. The van der Waals surface area contributed by atoms with Gasteiger partial charge in [-0.15, -0.1) is 0 Å². The number of halogens is 2. The summed E-state index contributed by atoms with van der Waals surface area (Å²) in [6, 6.07) is 9.15. The maximum Gasteiger partial charge on any atom is 0.331 e. The van der Waals surface area contributed by atoms with E-state index in [1.54, 1.807) is 23.7 Å². The van der Waals surface area contributed by atoms with Gasteiger partial charge in [-0.3, -0.25) is 0 Å². The number of hydrogen-bond donors (Lipinski definition) is 0. The first-order valence-electron chi connectivity index (χ1n) is 6.71. The average molecular weight is 350 g/mol. The molecule has 1 heterocycles. The zero-order valence-corrected chi connectivity index (χ0v) is 13.8. The number of rotatable bonds is 5. The van der Waals surface area contributed by atoms with Gasteiger partial charge in [-0.1, -0.05) is 41.4 Å². The fourth-order valence-electron chi connectivity index (χ4n) is 1.95. The van der Waals surface area contributed by atoms with Crippen LogP contribution in [0.5, 0.6) is 0 Å². The minimum Gasteiger partial charge on any atom is -0.447 e. The van der Waals surface area contributed by atoms with Crippen molar-refractivity contribution < 1.29 is 9.53 Å². The second kappa shape index (κ2) is 7.82. The third kappa shape index (κ3) is 4.35. The number of carbonyl (C=O) groups excluding carboxylic acids is 1. The molecule has 0 N–H and O–H groups in total. The second-order valence-corrected chi connectivity index (χ2v) is 5.40. The van der Waals surface area contributed by atoms with Gasteiger partial charge in [0.2, 0.25) is 0 Å². The molecule has 0 aliphatic heterocycles. The molecule has 118 valence electrons. The summed E-state index contributed by atoms with van der Waals surface area (Å²) >= 11 is 12.5. The van der Waals surface area contributed by atoms with E-state index in [4.69, 9.17) is 28.5 Å². The molecule has 0 unspecified atom stereocenters. The smallest absolute Gasteiger partial charge is 0.331 e. The molecule has 23 heavy (non-hydrogen) atoms. The van der Waals surface area contributed by atoms with Crippen LogP contribution in [0.15, 0.2) is 30.3 Å². The van der Waals surface area contributed by atoms with Crippen LogP contribution in [-0.2, 0) is 16.1 Å². The van der Waals surface area contributed by atoms with Gasteiger partial charge in [-0.2, -0.15) is 10.4 Å². The van der Waals surface area contributed by atoms with E-state index in [9.17, 15) is 4.79 Å². The predicted molar refractivity (Wildman–Crippen MR) is 88.1 cm³/mol. The first-order chi connectivity index (χ1) is 11.0. The fraction of sp³-hybridized carbons (Fsp3) is 0.188. The number of carbonyl (C=O) groups is 1. The first kappa shape index (κ1) is 17.1. The molecule has 2 rings (SSSR count). The molecule has 1 aromatic carbocycles. The molecular formula is C16H13Cl2N3O2. The summed E-state index contributed by atoms with van der Waals surface area (Å²) in [6.07, 6.45) is 2.74. The van der Waals surface area contributed by atoms with Gasteiger partial charge < -0.3 is 4.74 Å². The highest BCUT2D eigenvalue weighted by atomic mass is 35.5. The molecule has 0 radical (unpaired) electrons. The van der Waals surface area contributed by atoms with Gasteiger partial charge in [0.25, 0.3) is 0 Å². The van der Waals surface area contributed by atoms with Crippen LogP contribution >= 0.6 is 23.2 Å². The number of ether oxygens (including phenoxy) is 1. The minimum atomic E-state index is -0.610. The Morgan fingerprint density at radius 2 is 2.17 bits per heavy atom. The highest BCUT2D eigenvalue weighted by Crippen LogP contribution is 2.24. The molecule has 1 aromatic heterocycles. The molecule has 0 bridgehead atoms. The highest BCUT2D eigenvalue weighted by Gasteiger charge is 2.13. The molecule has 2 aromatic rings. The number of aromatic nitrogens is 2. The Labute approximate surface area is 143 Å². The Morgan fingerprint density at radius 1 is 1.43 bits per heavy atom. The van der Waals surface area contributed by atoms with Gasteiger partial charge in [-0.05, 0) is 24.6 Å². The van der Waals surface area contributed by atoms with Crippen LogP contribution in [0.3, 0.4) is 0 Å². The summed E-state index contributed by atoms with van der Waals surface area (Å²) in [7, 11) is 0. The van der Waals surface area contributed by atoms with Gasteiger partial charge in [0.05, 0.1) is 12.2 Å². The summed E-state index contributed by atoms with van der Waals surface area (Å²) < 4.78 is 6.25. The topological polar surface area (TPSA) is 67.9 Å². The van der Waals surface area contributed by atoms with Crippen molar-refractivity contribution in [2.24, 2.45) is 0 Å². The van der Waals surface area contributed by atoms with Crippen molar-refractivity contribution >= 4 is 35.2 Å². The Kier molecular flexibility index (Phi) is 5.80.